The first kappa shape index (κ1) is 28.1. The molecule has 4 rings (SSSR count). The van der Waals surface area contributed by atoms with Gasteiger partial charge in [-0.3, -0.25) is 9.59 Å². The maximum atomic E-state index is 13.5. The van der Waals surface area contributed by atoms with Crippen LogP contribution in [0.25, 0.3) is 0 Å². The van der Waals surface area contributed by atoms with Crippen molar-refractivity contribution < 1.29 is 19.4 Å². The molecule has 2 atom stereocenters. The third kappa shape index (κ3) is 7.78. The van der Waals surface area contributed by atoms with Crippen LogP contribution in [0.4, 0.5) is 11.4 Å². The number of methoxy groups -OCH3 is 1. The Hall–Kier alpha value is -3.95. The van der Waals surface area contributed by atoms with E-state index in [1.165, 1.54) is 0 Å². The minimum Gasteiger partial charge on any atom is -0.481 e. The Morgan fingerprint density at radius 2 is 1.95 bits per heavy atom. The lowest BCUT2D eigenvalue weighted by molar-refractivity contribution is -0.117. The molecule has 3 aromatic rings. The van der Waals surface area contributed by atoms with Crippen molar-refractivity contribution in [3.8, 4) is 5.88 Å². The summed E-state index contributed by atoms with van der Waals surface area (Å²) in [6.45, 7) is 3.99. The van der Waals surface area contributed by atoms with E-state index in [4.69, 9.17) is 4.74 Å². The first-order chi connectivity index (χ1) is 19.0. The molecule has 0 spiro atoms. The second kappa shape index (κ2) is 13.7. The number of nitrogens with zero attached hydrogens (tertiary/aromatic N) is 2. The molecule has 1 aliphatic heterocycles. The number of carbonyl (C=O) groups is 2. The molecule has 0 saturated carbocycles. The first-order valence-electron chi connectivity index (χ1n) is 13.4. The van der Waals surface area contributed by atoms with Crippen molar-refractivity contribution in [2.24, 2.45) is 0 Å². The minimum atomic E-state index is -0.864. The molecule has 0 unspecified atom stereocenters. The number of aromatic nitrogens is 1. The number of aliphatic hydroxyl groups is 1. The lowest BCUT2D eigenvalue weighted by atomic mass is 10.00. The highest BCUT2D eigenvalue weighted by atomic mass is 16.5. The number of amides is 2. The summed E-state index contributed by atoms with van der Waals surface area (Å²) >= 11 is 0. The van der Waals surface area contributed by atoms with Gasteiger partial charge in [0.25, 0.3) is 5.91 Å². The summed E-state index contributed by atoms with van der Waals surface area (Å²) in [6, 6.07) is 20.2. The van der Waals surface area contributed by atoms with Crippen molar-refractivity contribution in [2.75, 3.05) is 37.0 Å². The quantitative estimate of drug-likeness (QED) is 0.268. The Labute approximate surface area is 229 Å². The average molecular weight is 532 g/mol. The van der Waals surface area contributed by atoms with Crippen LogP contribution in [0.1, 0.15) is 41.4 Å². The normalized spacial score (nSPS) is 14.6. The molecule has 206 valence electrons. The van der Waals surface area contributed by atoms with Gasteiger partial charge in [0.2, 0.25) is 11.8 Å². The van der Waals surface area contributed by atoms with Gasteiger partial charge in [0, 0.05) is 55.6 Å². The molecular weight excluding hydrogens is 494 g/mol. The van der Waals surface area contributed by atoms with E-state index in [2.05, 4.69) is 20.9 Å². The number of pyridine rings is 1. The third-order valence-corrected chi connectivity index (χ3v) is 6.68. The van der Waals surface area contributed by atoms with Crippen LogP contribution in [0.5, 0.6) is 5.88 Å². The molecule has 4 N–H and O–H groups in total. The predicted octanol–water partition coefficient (Wildman–Crippen LogP) is 3.14. The molecule has 1 saturated heterocycles. The number of benzene rings is 2. The third-order valence-electron chi connectivity index (χ3n) is 6.68. The van der Waals surface area contributed by atoms with E-state index in [1.54, 1.807) is 30.2 Å². The molecule has 9 nitrogen and oxygen atoms in total. The molecule has 1 fully saturated rings. The smallest absolute Gasteiger partial charge is 0.251 e. The molecule has 0 radical (unpaired) electrons. The average Bonchev–Trinajstić information content (AvgIpc) is 3.39. The fourth-order valence-corrected chi connectivity index (χ4v) is 4.69. The summed E-state index contributed by atoms with van der Waals surface area (Å²) in [5.41, 5.74) is 3.69. The first-order valence-corrected chi connectivity index (χ1v) is 13.4. The summed E-state index contributed by atoms with van der Waals surface area (Å²) in [7, 11) is 1.57. The maximum Gasteiger partial charge on any atom is 0.251 e. The highest BCUT2D eigenvalue weighted by molar-refractivity contribution is 6.00. The van der Waals surface area contributed by atoms with Crippen molar-refractivity contribution in [3.05, 3.63) is 83.6 Å². The van der Waals surface area contributed by atoms with E-state index in [0.717, 1.165) is 23.4 Å². The van der Waals surface area contributed by atoms with Gasteiger partial charge in [0.1, 0.15) is 0 Å². The number of anilines is 2. The summed E-state index contributed by atoms with van der Waals surface area (Å²) in [5, 5.41) is 20.7. The summed E-state index contributed by atoms with van der Waals surface area (Å²) in [5.74, 6) is 0.278. The summed E-state index contributed by atoms with van der Waals surface area (Å²) in [4.78, 5) is 32.0. The molecule has 2 amide bonds. The minimum absolute atomic E-state index is 0.0592. The van der Waals surface area contributed by atoms with Crippen LogP contribution in [-0.4, -0.2) is 60.8 Å². The number of rotatable bonds is 13. The van der Waals surface area contributed by atoms with E-state index in [-0.39, 0.29) is 18.4 Å². The lowest BCUT2D eigenvalue weighted by Gasteiger charge is -2.25. The maximum absolute atomic E-state index is 13.5. The largest absolute Gasteiger partial charge is 0.481 e. The number of ether oxygens (including phenoxy) is 1. The Kier molecular flexibility index (Phi) is 9.88. The molecule has 0 bridgehead atoms. The molecule has 2 aromatic carbocycles. The van der Waals surface area contributed by atoms with E-state index >= 15 is 0 Å². The highest BCUT2D eigenvalue weighted by Crippen LogP contribution is 2.27. The molecule has 1 aromatic heterocycles. The zero-order chi connectivity index (χ0) is 27.6. The van der Waals surface area contributed by atoms with Crippen LogP contribution in [0.3, 0.4) is 0 Å². The van der Waals surface area contributed by atoms with Crippen LogP contribution in [0.15, 0.2) is 66.7 Å². The molecule has 2 heterocycles. The van der Waals surface area contributed by atoms with Gasteiger partial charge >= 0.3 is 0 Å². The van der Waals surface area contributed by atoms with Gasteiger partial charge in [-0.05, 0) is 49.6 Å². The molecule has 1 aliphatic rings. The van der Waals surface area contributed by atoms with E-state index in [1.807, 2.05) is 55.5 Å². The van der Waals surface area contributed by atoms with Crippen molar-refractivity contribution in [1.82, 2.24) is 15.6 Å². The van der Waals surface area contributed by atoms with Crippen LogP contribution in [0.2, 0.25) is 0 Å². The van der Waals surface area contributed by atoms with Gasteiger partial charge in [0.15, 0.2) is 0 Å². The molecule has 0 aliphatic carbocycles. The van der Waals surface area contributed by atoms with E-state index in [9.17, 15) is 14.7 Å². The van der Waals surface area contributed by atoms with Gasteiger partial charge in [-0.1, -0.05) is 36.4 Å². The van der Waals surface area contributed by atoms with Crippen molar-refractivity contribution in [1.29, 1.82) is 0 Å². The van der Waals surface area contributed by atoms with E-state index in [0.29, 0.717) is 49.6 Å². The number of carbonyl (C=O) groups excluding carboxylic acids is 2. The summed E-state index contributed by atoms with van der Waals surface area (Å²) in [6.07, 6.45) is 0.903. The fraction of sp³-hybridized carbons (Fsp3) is 0.367. The molecule has 9 heteroatoms. The van der Waals surface area contributed by atoms with Crippen LogP contribution < -0.4 is 25.6 Å². The van der Waals surface area contributed by atoms with Crippen molar-refractivity contribution in [2.45, 2.75) is 44.9 Å². The predicted molar refractivity (Wildman–Crippen MR) is 152 cm³/mol. The number of hydrogen-bond acceptors (Lipinski definition) is 7. The van der Waals surface area contributed by atoms with Crippen molar-refractivity contribution in [3.63, 3.8) is 0 Å². The Bertz CT molecular complexity index is 1250. The van der Waals surface area contributed by atoms with Gasteiger partial charge in [-0.15, -0.1) is 0 Å². The Morgan fingerprint density at radius 1 is 1.13 bits per heavy atom. The molecular formula is C30H37N5O4. The lowest BCUT2D eigenvalue weighted by Crippen LogP contribution is -2.48. The monoisotopic (exact) mass is 531 g/mol. The molecule has 39 heavy (non-hydrogen) atoms. The van der Waals surface area contributed by atoms with Crippen LogP contribution in [-0.2, 0) is 17.8 Å². The van der Waals surface area contributed by atoms with E-state index < -0.39 is 12.1 Å². The van der Waals surface area contributed by atoms with Crippen LogP contribution in [0, 0.1) is 0 Å². The number of aliphatic hydroxyl groups excluding tert-OH is 1. The Morgan fingerprint density at radius 3 is 2.67 bits per heavy atom. The number of nitrogens with one attached hydrogen (secondary N) is 3. The second-order valence-corrected chi connectivity index (χ2v) is 9.59. The standard InChI is InChI=1S/C30H37N5O4/c1-3-32-24-16-22(17-25(18-24)35-14-8-13-29(35)37)30(38)34-26(15-21-9-5-4-6-10-21)27(36)20-31-19-23-11-7-12-28(33-23)39-2/h4-7,9-12,16-18,26-27,31-32,36H,3,8,13-15,19-20H2,1-2H3,(H,34,38)/t26-,27+/m0/s1. The SMILES string of the molecule is CCNc1cc(C(=O)N[C@@H](Cc2ccccc2)[C@H](O)CNCc2cccc(OC)n2)cc(N2CCCC2=O)c1. The van der Waals surface area contributed by atoms with Gasteiger partial charge in [-0.2, -0.15) is 0 Å². The topological polar surface area (TPSA) is 116 Å². The zero-order valence-electron chi connectivity index (χ0n) is 22.5. The van der Waals surface area contributed by atoms with Gasteiger partial charge < -0.3 is 30.7 Å². The second-order valence-electron chi connectivity index (χ2n) is 9.59. The van der Waals surface area contributed by atoms with Crippen LogP contribution >= 0.6 is 0 Å². The number of hydrogen-bond donors (Lipinski definition) is 4. The summed E-state index contributed by atoms with van der Waals surface area (Å²) < 4.78 is 5.18. The van der Waals surface area contributed by atoms with Gasteiger partial charge in [0.05, 0.1) is 24.9 Å². The fourth-order valence-electron chi connectivity index (χ4n) is 4.69. The van der Waals surface area contributed by atoms with Gasteiger partial charge in [-0.25, -0.2) is 4.98 Å². The Balaban J connectivity index is 1.49. The zero-order valence-corrected chi connectivity index (χ0v) is 22.5. The van der Waals surface area contributed by atoms with Crippen molar-refractivity contribution >= 4 is 23.2 Å². The highest BCUT2D eigenvalue weighted by Gasteiger charge is 2.25.